The van der Waals surface area contributed by atoms with E-state index in [0.717, 1.165) is 11.3 Å². The molecular weight excluding hydrogens is 240 g/mol. The number of nitrogens with one attached hydrogen (secondary N) is 1. The molecule has 3 N–H and O–H groups in total. The minimum Gasteiger partial charge on any atom is -0.494 e. The molecule has 2 atom stereocenters. The topological polar surface area (TPSA) is 56.5 Å². The zero-order valence-corrected chi connectivity index (χ0v) is 12.3. The van der Waals surface area contributed by atoms with Crippen LogP contribution in [-0.2, 0) is 4.74 Å². The number of hydrogen-bond acceptors (Lipinski definition) is 4. The Morgan fingerprint density at radius 1 is 1.16 bits per heavy atom. The number of ether oxygens (including phenoxy) is 2. The summed E-state index contributed by atoms with van der Waals surface area (Å²) in [5.74, 6) is 6.97. The first-order valence-corrected chi connectivity index (χ1v) is 6.95. The summed E-state index contributed by atoms with van der Waals surface area (Å²) in [5.41, 5.74) is 3.92. The first-order valence-electron chi connectivity index (χ1n) is 6.95. The van der Waals surface area contributed by atoms with Gasteiger partial charge in [-0.1, -0.05) is 32.0 Å². The second kappa shape index (κ2) is 8.15. The summed E-state index contributed by atoms with van der Waals surface area (Å²) in [7, 11) is 0. The maximum absolute atomic E-state index is 5.85. The molecule has 1 aromatic rings. The molecule has 1 rings (SSSR count). The van der Waals surface area contributed by atoms with Gasteiger partial charge in [0.1, 0.15) is 5.75 Å². The van der Waals surface area contributed by atoms with E-state index in [4.69, 9.17) is 15.3 Å². The summed E-state index contributed by atoms with van der Waals surface area (Å²) in [4.78, 5) is 0. The van der Waals surface area contributed by atoms with Crippen LogP contribution in [0.3, 0.4) is 0 Å². The summed E-state index contributed by atoms with van der Waals surface area (Å²) in [5, 5.41) is 0. The molecular formula is C15H26N2O2. The van der Waals surface area contributed by atoms with Gasteiger partial charge in [-0.25, -0.2) is 0 Å². The predicted molar refractivity (Wildman–Crippen MR) is 77.9 cm³/mol. The van der Waals surface area contributed by atoms with Crippen LogP contribution in [-0.4, -0.2) is 19.3 Å². The largest absolute Gasteiger partial charge is 0.494 e. The molecule has 0 aromatic heterocycles. The van der Waals surface area contributed by atoms with Gasteiger partial charge in [-0.05, 0) is 25.8 Å². The smallest absolute Gasteiger partial charge is 0.124 e. The maximum atomic E-state index is 5.85. The molecule has 108 valence electrons. The van der Waals surface area contributed by atoms with Crippen molar-refractivity contribution in [1.82, 2.24) is 5.43 Å². The summed E-state index contributed by atoms with van der Waals surface area (Å²) >= 11 is 0. The molecule has 0 bridgehead atoms. The number of rotatable bonds is 8. The van der Waals surface area contributed by atoms with E-state index >= 15 is 0 Å². The second-order valence-corrected chi connectivity index (χ2v) is 4.78. The summed E-state index contributed by atoms with van der Waals surface area (Å²) < 4.78 is 11.5. The molecule has 0 fully saturated rings. The highest BCUT2D eigenvalue weighted by Gasteiger charge is 2.27. The molecule has 0 radical (unpaired) electrons. The van der Waals surface area contributed by atoms with Gasteiger partial charge in [-0.2, -0.15) is 0 Å². The molecule has 0 aliphatic carbocycles. The molecule has 0 amide bonds. The lowest BCUT2D eigenvalue weighted by atomic mass is 9.93. The minimum atomic E-state index is -0.0808. The monoisotopic (exact) mass is 266 g/mol. The van der Waals surface area contributed by atoms with Gasteiger partial charge in [0.15, 0.2) is 0 Å². The van der Waals surface area contributed by atoms with E-state index in [1.165, 1.54) is 0 Å². The van der Waals surface area contributed by atoms with Gasteiger partial charge < -0.3 is 9.47 Å². The number of benzene rings is 1. The Kier molecular flexibility index (Phi) is 6.84. The molecule has 0 aliphatic rings. The SMILES string of the molecule is CCOc1ccccc1C(NN)C(OCC)C(C)C. The lowest BCUT2D eigenvalue weighted by Crippen LogP contribution is -2.41. The molecule has 0 saturated carbocycles. The van der Waals surface area contributed by atoms with Gasteiger partial charge in [0, 0.05) is 12.2 Å². The lowest BCUT2D eigenvalue weighted by Gasteiger charge is -2.30. The molecule has 1 aromatic carbocycles. The lowest BCUT2D eigenvalue weighted by molar-refractivity contribution is 0.00216. The van der Waals surface area contributed by atoms with Crippen LogP contribution >= 0.6 is 0 Å². The molecule has 0 spiro atoms. The Balaban J connectivity index is 3.06. The normalized spacial score (nSPS) is 14.4. The van der Waals surface area contributed by atoms with E-state index in [2.05, 4.69) is 19.3 Å². The molecule has 0 heterocycles. The zero-order chi connectivity index (χ0) is 14.3. The fourth-order valence-corrected chi connectivity index (χ4v) is 2.25. The molecule has 4 nitrogen and oxygen atoms in total. The van der Waals surface area contributed by atoms with Crippen LogP contribution in [0.2, 0.25) is 0 Å². The van der Waals surface area contributed by atoms with E-state index < -0.39 is 0 Å². The van der Waals surface area contributed by atoms with Crippen LogP contribution < -0.4 is 16.0 Å². The number of para-hydroxylation sites is 1. The summed E-state index contributed by atoms with van der Waals surface area (Å²) in [6.45, 7) is 9.54. The molecule has 19 heavy (non-hydrogen) atoms. The first kappa shape index (κ1) is 16.0. The van der Waals surface area contributed by atoms with Crippen LogP contribution in [0.5, 0.6) is 5.75 Å². The van der Waals surface area contributed by atoms with Crippen LogP contribution in [0.25, 0.3) is 0 Å². The Hall–Kier alpha value is -1.10. The van der Waals surface area contributed by atoms with Crippen molar-refractivity contribution < 1.29 is 9.47 Å². The number of nitrogens with two attached hydrogens (primary N) is 1. The van der Waals surface area contributed by atoms with Crippen LogP contribution in [0, 0.1) is 5.92 Å². The third-order valence-electron chi connectivity index (χ3n) is 3.08. The van der Waals surface area contributed by atoms with Gasteiger partial charge >= 0.3 is 0 Å². The second-order valence-electron chi connectivity index (χ2n) is 4.78. The fraction of sp³-hybridized carbons (Fsp3) is 0.600. The average Bonchev–Trinajstić information content (AvgIpc) is 2.40. The van der Waals surface area contributed by atoms with Crippen molar-refractivity contribution in [3.05, 3.63) is 29.8 Å². The van der Waals surface area contributed by atoms with Crippen molar-refractivity contribution in [3.8, 4) is 5.75 Å². The van der Waals surface area contributed by atoms with Crippen LogP contribution in [0.4, 0.5) is 0 Å². The highest BCUT2D eigenvalue weighted by Crippen LogP contribution is 2.31. The highest BCUT2D eigenvalue weighted by atomic mass is 16.5. The van der Waals surface area contributed by atoms with E-state index in [9.17, 15) is 0 Å². The molecule has 0 saturated heterocycles. The maximum Gasteiger partial charge on any atom is 0.124 e. The van der Waals surface area contributed by atoms with Crippen molar-refractivity contribution >= 4 is 0 Å². The quantitative estimate of drug-likeness (QED) is 0.561. The van der Waals surface area contributed by atoms with Gasteiger partial charge in [-0.15, -0.1) is 0 Å². The van der Waals surface area contributed by atoms with Gasteiger partial charge in [0.2, 0.25) is 0 Å². The summed E-state index contributed by atoms with van der Waals surface area (Å²) in [6.07, 6.45) is 0.0107. The van der Waals surface area contributed by atoms with Gasteiger partial charge in [-0.3, -0.25) is 11.3 Å². The first-order chi connectivity index (χ1) is 9.15. The van der Waals surface area contributed by atoms with Crippen molar-refractivity contribution in [1.29, 1.82) is 0 Å². The Morgan fingerprint density at radius 3 is 2.37 bits per heavy atom. The predicted octanol–water partition coefficient (Wildman–Crippen LogP) is 2.65. The van der Waals surface area contributed by atoms with Gasteiger partial charge in [0.05, 0.1) is 18.8 Å². The molecule has 2 unspecified atom stereocenters. The Bertz CT molecular complexity index is 369. The van der Waals surface area contributed by atoms with Crippen molar-refractivity contribution in [2.45, 2.75) is 39.8 Å². The van der Waals surface area contributed by atoms with Crippen LogP contribution in [0.15, 0.2) is 24.3 Å². The minimum absolute atomic E-state index is 0.0107. The highest BCUT2D eigenvalue weighted by molar-refractivity contribution is 5.36. The van der Waals surface area contributed by atoms with Crippen molar-refractivity contribution in [2.75, 3.05) is 13.2 Å². The Morgan fingerprint density at radius 2 is 1.84 bits per heavy atom. The number of hydrazine groups is 1. The molecule has 4 heteroatoms. The number of hydrogen-bond donors (Lipinski definition) is 2. The molecule has 0 aliphatic heterocycles. The fourth-order valence-electron chi connectivity index (χ4n) is 2.25. The van der Waals surface area contributed by atoms with E-state index in [0.29, 0.717) is 19.1 Å². The standard InChI is InChI=1S/C15H26N2O2/c1-5-18-13-10-8-7-9-12(13)14(17-16)15(11(3)4)19-6-2/h7-11,14-15,17H,5-6,16H2,1-4H3. The zero-order valence-electron chi connectivity index (χ0n) is 12.3. The van der Waals surface area contributed by atoms with E-state index in [1.807, 2.05) is 38.1 Å². The third kappa shape index (κ3) is 4.20. The third-order valence-corrected chi connectivity index (χ3v) is 3.08. The van der Waals surface area contributed by atoms with E-state index in [-0.39, 0.29) is 12.1 Å². The van der Waals surface area contributed by atoms with E-state index in [1.54, 1.807) is 0 Å². The van der Waals surface area contributed by atoms with Crippen molar-refractivity contribution in [2.24, 2.45) is 11.8 Å². The summed E-state index contributed by atoms with van der Waals surface area (Å²) in [6, 6.07) is 7.87. The van der Waals surface area contributed by atoms with Gasteiger partial charge in [0.25, 0.3) is 0 Å². The van der Waals surface area contributed by atoms with Crippen LogP contribution in [0.1, 0.15) is 39.3 Å². The average molecular weight is 266 g/mol. The van der Waals surface area contributed by atoms with Crippen molar-refractivity contribution in [3.63, 3.8) is 0 Å². The Labute approximate surface area is 116 Å².